The van der Waals surface area contributed by atoms with Crippen LogP contribution in [0.25, 0.3) is 10.2 Å². The van der Waals surface area contributed by atoms with E-state index in [4.69, 9.17) is 0 Å². The summed E-state index contributed by atoms with van der Waals surface area (Å²) in [6.45, 7) is 4.54. The van der Waals surface area contributed by atoms with E-state index in [1.54, 1.807) is 43.0 Å². The number of carbonyl (C=O) groups is 1. The summed E-state index contributed by atoms with van der Waals surface area (Å²) >= 11 is 4.96. The largest absolute Gasteiger partial charge is 0.308 e. The molecule has 0 bridgehead atoms. The first-order valence-electron chi connectivity index (χ1n) is 9.92. The average Bonchev–Trinajstić information content (AvgIpc) is 3.10. The Bertz CT molecular complexity index is 1180. The monoisotopic (exact) mass is 559 g/mol. The standard InChI is InChI=1S/C22H26BrN3O3S2.ClH/c1-15(2)31(28,29)18-8-5-16(6-9-18)13-21(27)26(12-11-25(3)4)22-24-19-10-7-17(23)14-20(19)30-22;/h5-10,14-15H,11-13H2,1-4H3;1H. The molecular weight excluding hydrogens is 534 g/mol. The highest BCUT2D eigenvalue weighted by molar-refractivity contribution is 9.10. The van der Waals surface area contributed by atoms with Gasteiger partial charge < -0.3 is 4.90 Å². The molecule has 0 aliphatic heterocycles. The van der Waals surface area contributed by atoms with Crippen molar-refractivity contribution >= 4 is 70.8 Å². The lowest BCUT2D eigenvalue weighted by molar-refractivity contribution is -0.118. The highest BCUT2D eigenvalue weighted by atomic mass is 79.9. The van der Waals surface area contributed by atoms with Gasteiger partial charge in [-0.25, -0.2) is 13.4 Å². The predicted octanol–water partition coefficient (Wildman–Crippen LogP) is 4.80. The second-order valence-corrected chi connectivity index (χ2v) is 12.3. The molecule has 3 rings (SSSR count). The van der Waals surface area contributed by atoms with Crippen molar-refractivity contribution in [2.75, 3.05) is 32.1 Å². The molecule has 1 heterocycles. The predicted molar refractivity (Wildman–Crippen MR) is 138 cm³/mol. The van der Waals surface area contributed by atoms with Gasteiger partial charge in [0.2, 0.25) is 5.91 Å². The van der Waals surface area contributed by atoms with Gasteiger partial charge in [0.05, 0.1) is 26.8 Å². The number of aromatic nitrogens is 1. The number of thiazole rings is 1. The second kappa shape index (κ2) is 11.1. The van der Waals surface area contributed by atoms with E-state index in [0.717, 1.165) is 20.3 Å². The third-order valence-corrected chi connectivity index (χ3v) is 8.57. The molecule has 32 heavy (non-hydrogen) atoms. The summed E-state index contributed by atoms with van der Waals surface area (Å²) in [7, 11) is 0.598. The zero-order valence-electron chi connectivity index (χ0n) is 18.4. The van der Waals surface area contributed by atoms with Gasteiger partial charge in [0.25, 0.3) is 0 Å². The van der Waals surface area contributed by atoms with Crippen LogP contribution < -0.4 is 4.90 Å². The minimum atomic E-state index is -3.33. The van der Waals surface area contributed by atoms with Crippen molar-refractivity contribution < 1.29 is 13.2 Å². The topological polar surface area (TPSA) is 70.6 Å². The van der Waals surface area contributed by atoms with Gasteiger partial charge in [-0.15, -0.1) is 12.4 Å². The zero-order valence-corrected chi connectivity index (χ0v) is 22.4. The number of amides is 1. The molecule has 6 nitrogen and oxygen atoms in total. The fourth-order valence-electron chi connectivity index (χ4n) is 2.97. The van der Waals surface area contributed by atoms with Gasteiger partial charge in [-0.3, -0.25) is 9.69 Å². The summed E-state index contributed by atoms with van der Waals surface area (Å²) in [5.41, 5.74) is 1.63. The number of hydrogen-bond acceptors (Lipinski definition) is 6. The Kier molecular flexibility index (Phi) is 9.25. The van der Waals surface area contributed by atoms with Crippen molar-refractivity contribution in [1.82, 2.24) is 9.88 Å². The lowest BCUT2D eigenvalue weighted by atomic mass is 10.1. The van der Waals surface area contributed by atoms with E-state index in [1.807, 2.05) is 37.2 Å². The number of sulfone groups is 1. The fraction of sp³-hybridized carbons (Fsp3) is 0.364. The third kappa shape index (κ3) is 6.29. The Balaban J connectivity index is 0.00000363. The Morgan fingerprint density at radius 1 is 1.09 bits per heavy atom. The van der Waals surface area contributed by atoms with Crippen molar-refractivity contribution in [3.05, 3.63) is 52.5 Å². The molecule has 0 N–H and O–H groups in total. The van der Waals surface area contributed by atoms with Gasteiger partial charge in [-0.05, 0) is 63.8 Å². The number of carbonyl (C=O) groups excluding carboxylic acids is 1. The molecule has 0 atom stereocenters. The van der Waals surface area contributed by atoms with Crippen LogP contribution in [-0.4, -0.2) is 56.6 Å². The molecular formula is C22H27BrClN3O3S2. The molecule has 0 unspecified atom stereocenters. The fourth-order valence-corrected chi connectivity index (χ4v) is 5.59. The molecule has 0 saturated carbocycles. The number of likely N-dealkylation sites (N-methyl/N-ethyl adjacent to an activating group) is 1. The van der Waals surface area contributed by atoms with E-state index in [0.29, 0.717) is 18.2 Å². The van der Waals surface area contributed by atoms with E-state index in [-0.39, 0.29) is 29.6 Å². The van der Waals surface area contributed by atoms with Crippen molar-refractivity contribution in [3.63, 3.8) is 0 Å². The highest BCUT2D eigenvalue weighted by Crippen LogP contribution is 2.31. The van der Waals surface area contributed by atoms with E-state index >= 15 is 0 Å². The maximum absolute atomic E-state index is 13.2. The van der Waals surface area contributed by atoms with Crippen LogP contribution in [0.5, 0.6) is 0 Å². The van der Waals surface area contributed by atoms with Crippen LogP contribution >= 0.6 is 39.7 Å². The summed E-state index contributed by atoms with van der Waals surface area (Å²) in [5.74, 6) is -0.0700. The van der Waals surface area contributed by atoms with E-state index in [1.165, 1.54) is 11.3 Å². The molecule has 0 fully saturated rings. The van der Waals surface area contributed by atoms with Gasteiger partial charge in [-0.2, -0.15) is 0 Å². The molecule has 10 heteroatoms. The molecule has 2 aromatic carbocycles. The van der Waals surface area contributed by atoms with Crippen LogP contribution in [-0.2, 0) is 21.1 Å². The number of benzene rings is 2. The van der Waals surface area contributed by atoms with E-state index in [9.17, 15) is 13.2 Å². The zero-order chi connectivity index (χ0) is 22.8. The summed E-state index contributed by atoms with van der Waals surface area (Å²) in [4.78, 5) is 21.9. The quantitative estimate of drug-likeness (QED) is 0.396. The molecule has 0 spiro atoms. The molecule has 1 amide bonds. The molecule has 0 saturated heterocycles. The van der Waals surface area contributed by atoms with Crippen LogP contribution in [0.15, 0.2) is 51.8 Å². The summed E-state index contributed by atoms with van der Waals surface area (Å²) in [6, 6.07) is 12.5. The molecule has 0 radical (unpaired) electrons. The van der Waals surface area contributed by atoms with Crippen molar-refractivity contribution in [2.24, 2.45) is 0 Å². The Morgan fingerprint density at radius 3 is 2.34 bits per heavy atom. The van der Waals surface area contributed by atoms with Crippen LogP contribution in [0.2, 0.25) is 0 Å². The third-order valence-electron chi connectivity index (χ3n) is 4.87. The SMILES string of the molecule is CC(C)S(=O)(=O)c1ccc(CC(=O)N(CCN(C)C)c2nc3ccc(Br)cc3s2)cc1.Cl. The number of fused-ring (bicyclic) bond motifs is 1. The maximum Gasteiger partial charge on any atom is 0.233 e. The lowest BCUT2D eigenvalue weighted by Gasteiger charge is -2.22. The maximum atomic E-state index is 13.2. The summed E-state index contributed by atoms with van der Waals surface area (Å²) < 4.78 is 26.6. The molecule has 174 valence electrons. The summed E-state index contributed by atoms with van der Waals surface area (Å²) in [5, 5.41) is 0.180. The number of nitrogens with zero attached hydrogens (tertiary/aromatic N) is 3. The van der Waals surface area contributed by atoms with Crippen LogP contribution in [0, 0.1) is 0 Å². The highest BCUT2D eigenvalue weighted by Gasteiger charge is 2.22. The van der Waals surface area contributed by atoms with Gasteiger partial charge in [-0.1, -0.05) is 39.4 Å². The van der Waals surface area contributed by atoms with Crippen LogP contribution in [0.4, 0.5) is 5.13 Å². The first-order chi connectivity index (χ1) is 14.6. The average molecular weight is 561 g/mol. The normalized spacial score (nSPS) is 11.7. The molecule has 0 aliphatic rings. The molecule has 0 aliphatic carbocycles. The first-order valence-corrected chi connectivity index (χ1v) is 13.1. The van der Waals surface area contributed by atoms with Gasteiger partial charge >= 0.3 is 0 Å². The minimum absolute atomic E-state index is 0. The Labute approximate surface area is 208 Å². The van der Waals surface area contributed by atoms with Gasteiger partial charge in [0.1, 0.15) is 0 Å². The molecule has 1 aromatic heterocycles. The van der Waals surface area contributed by atoms with Crippen molar-refractivity contribution in [2.45, 2.75) is 30.4 Å². The second-order valence-electron chi connectivity index (χ2n) is 7.87. The van der Waals surface area contributed by atoms with Crippen LogP contribution in [0.1, 0.15) is 19.4 Å². The molecule has 3 aromatic rings. The Morgan fingerprint density at radius 2 is 1.75 bits per heavy atom. The van der Waals surface area contributed by atoms with Crippen LogP contribution in [0.3, 0.4) is 0 Å². The number of halogens is 2. The number of anilines is 1. The van der Waals surface area contributed by atoms with Gasteiger partial charge in [0.15, 0.2) is 15.0 Å². The van der Waals surface area contributed by atoms with Gasteiger partial charge in [0, 0.05) is 17.6 Å². The lowest BCUT2D eigenvalue weighted by Crippen LogP contribution is -2.37. The number of hydrogen-bond donors (Lipinski definition) is 0. The van der Waals surface area contributed by atoms with Crippen molar-refractivity contribution in [3.8, 4) is 0 Å². The summed E-state index contributed by atoms with van der Waals surface area (Å²) in [6.07, 6.45) is 0.176. The Hall–Kier alpha value is -1.52. The smallest absolute Gasteiger partial charge is 0.233 e. The van der Waals surface area contributed by atoms with E-state index < -0.39 is 15.1 Å². The minimum Gasteiger partial charge on any atom is -0.308 e. The van der Waals surface area contributed by atoms with Crippen molar-refractivity contribution in [1.29, 1.82) is 0 Å². The number of rotatable bonds is 8. The van der Waals surface area contributed by atoms with E-state index in [2.05, 4.69) is 20.9 Å². The first kappa shape index (κ1) is 26.7.